The Bertz CT molecular complexity index is 1210. The number of guanidine groups is 1. The van der Waals surface area contributed by atoms with Gasteiger partial charge in [-0.05, 0) is 43.7 Å². The number of carboxylic acids is 1. The monoisotopic (exact) mass is 560 g/mol. The van der Waals surface area contributed by atoms with Crippen LogP contribution in [0.4, 0.5) is 0 Å². The molecule has 14 nitrogen and oxygen atoms in total. The molecule has 0 saturated heterocycles. The summed E-state index contributed by atoms with van der Waals surface area (Å²) in [5.41, 5.74) is 18.5. The number of aliphatic hydroxyl groups excluding tert-OH is 1. The first-order chi connectivity index (χ1) is 18.8. The molecule has 0 fully saturated rings. The van der Waals surface area contributed by atoms with Crippen LogP contribution in [-0.4, -0.2) is 81.7 Å². The van der Waals surface area contributed by atoms with Crippen LogP contribution in [0.5, 0.6) is 0 Å². The minimum Gasteiger partial charge on any atom is -0.480 e. The van der Waals surface area contributed by atoms with E-state index in [2.05, 4.69) is 25.9 Å². The molecule has 2 rings (SSSR count). The van der Waals surface area contributed by atoms with E-state index in [1.54, 1.807) is 20.0 Å². The zero-order chi connectivity index (χ0) is 30.0. The van der Waals surface area contributed by atoms with Gasteiger partial charge in [-0.3, -0.25) is 19.4 Å². The van der Waals surface area contributed by atoms with Gasteiger partial charge in [0.2, 0.25) is 17.7 Å². The van der Waals surface area contributed by atoms with Crippen molar-refractivity contribution in [3.05, 3.63) is 36.0 Å². The molecule has 1 aromatic carbocycles. The minimum absolute atomic E-state index is 0.0549. The number of carbonyl (C=O) groups is 4. The second-order valence-corrected chi connectivity index (χ2v) is 9.98. The summed E-state index contributed by atoms with van der Waals surface area (Å²) in [6, 6.07) is 2.67. The van der Waals surface area contributed by atoms with E-state index in [0.717, 1.165) is 16.5 Å². The molecule has 0 aliphatic carbocycles. The molecule has 40 heavy (non-hydrogen) atoms. The Morgan fingerprint density at radius 2 is 1.62 bits per heavy atom. The van der Waals surface area contributed by atoms with Gasteiger partial charge < -0.3 is 48.3 Å². The van der Waals surface area contributed by atoms with E-state index >= 15 is 0 Å². The van der Waals surface area contributed by atoms with E-state index in [1.165, 1.54) is 6.92 Å². The first-order valence-electron chi connectivity index (χ1n) is 13.0. The average molecular weight is 561 g/mol. The number of aliphatic carboxylic acids is 1. The van der Waals surface area contributed by atoms with Crippen molar-refractivity contribution < 1.29 is 29.4 Å². The number of nitrogens with zero attached hydrogens (tertiary/aromatic N) is 1. The molecule has 3 amide bonds. The number of aromatic nitrogens is 1. The normalized spacial score (nSPS) is 14.9. The van der Waals surface area contributed by atoms with Crippen molar-refractivity contribution >= 4 is 40.6 Å². The number of benzene rings is 1. The molecule has 14 heteroatoms. The summed E-state index contributed by atoms with van der Waals surface area (Å²) < 4.78 is 0. The van der Waals surface area contributed by atoms with Gasteiger partial charge in [-0.25, -0.2) is 4.79 Å². The molecule has 0 saturated carbocycles. The molecular formula is C26H40N8O6. The van der Waals surface area contributed by atoms with E-state index in [4.69, 9.17) is 17.2 Å². The van der Waals surface area contributed by atoms with Gasteiger partial charge in [-0.1, -0.05) is 32.0 Å². The topological polar surface area (TPSA) is 251 Å². The van der Waals surface area contributed by atoms with Crippen molar-refractivity contribution in [1.29, 1.82) is 0 Å². The number of aromatic amines is 1. The number of carbonyl (C=O) groups excluding carboxylic acids is 3. The highest BCUT2D eigenvalue weighted by molar-refractivity contribution is 5.94. The third-order valence-electron chi connectivity index (χ3n) is 6.32. The van der Waals surface area contributed by atoms with Gasteiger partial charge >= 0.3 is 5.97 Å². The van der Waals surface area contributed by atoms with E-state index in [0.29, 0.717) is 0 Å². The molecule has 0 bridgehead atoms. The number of nitrogens with one attached hydrogen (secondary N) is 4. The molecule has 1 heterocycles. The average Bonchev–Trinajstić information content (AvgIpc) is 3.28. The van der Waals surface area contributed by atoms with E-state index in [-0.39, 0.29) is 31.8 Å². The number of H-pyrrole nitrogens is 1. The van der Waals surface area contributed by atoms with Gasteiger partial charge in [-0.15, -0.1) is 0 Å². The molecule has 12 N–H and O–H groups in total. The zero-order valence-corrected chi connectivity index (χ0v) is 22.9. The number of hydrogen-bond acceptors (Lipinski definition) is 7. The summed E-state index contributed by atoms with van der Waals surface area (Å²) in [5, 5.41) is 28.0. The maximum Gasteiger partial charge on any atom is 0.326 e. The number of rotatable bonds is 15. The Balaban J connectivity index is 2.13. The summed E-state index contributed by atoms with van der Waals surface area (Å²) in [4.78, 5) is 57.6. The van der Waals surface area contributed by atoms with Crippen LogP contribution in [0.1, 0.15) is 39.2 Å². The smallest absolute Gasteiger partial charge is 0.326 e. The van der Waals surface area contributed by atoms with Gasteiger partial charge in [-0.2, -0.15) is 0 Å². The van der Waals surface area contributed by atoms with Crippen LogP contribution in [-0.2, 0) is 25.6 Å². The predicted octanol–water partition coefficient (Wildman–Crippen LogP) is -1.33. The standard InChI is InChI=1S/C26H40N8O6/c1-13(2)20(25(39)40)33-23(37)19(9-6-10-30-26(28)29)32-24(38)21(14(3)35)34-22(36)17(27)11-15-12-31-18-8-5-4-7-16(15)18/h4-5,7-8,12-14,17,19-21,31,35H,6,9-11,27H2,1-3H3,(H,32,38)(H,33,37)(H,34,36)(H,39,40)(H4,28,29,30). The molecular weight excluding hydrogens is 520 g/mol. The van der Waals surface area contributed by atoms with Crippen LogP contribution in [0.3, 0.4) is 0 Å². The van der Waals surface area contributed by atoms with Crippen LogP contribution in [0.2, 0.25) is 0 Å². The Hall–Kier alpha value is -4.17. The molecule has 1 aromatic heterocycles. The largest absolute Gasteiger partial charge is 0.480 e. The molecule has 0 spiro atoms. The number of aliphatic hydroxyl groups is 1. The number of hydrogen-bond donors (Lipinski definition) is 9. The summed E-state index contributed by atoms with van der Waals surface area (Å²) in [6.07, 6.45) is 0.919. The quantitative estimate of drug-likeness (QED) is 0.0709. The highest BCUT2D eigenvalue weighted by atomic mass is 16.4. The van der Waals surface area contributed by atoms with Gasteiger partial charge in [0, 0.05) is 23.6 Å². The first kappa shape index (κ1) is 32.0. The third kappa shape index (κ3) is 9.24. The Morgan fingerprint density at radius 3 is 2.23 bits per heavy atom. The lowest BCUT2D eigenvalue weighted by atomic mass is 10.0. The lowest BCUT2D eigenvalue weighted by Gasteiger charge is -2.27. The van der Waals surface area contributed by atoms with Crippen molar-refractivity contribution in [2.24, 2.45) is 28.1 Å². The van der Waals surface area contributed by atoms with Crippen LogP contribution in [0, 0.1) is 5.92 Å². The number of nitrogens with two attached hydrogens (primary N) is 3. The second-order valence-electron chi connectivity index (χ2n) is 9.98. The van der Waals surface area contributed by atoms with Crippen molar-refractivity contribution in [3.8, 4) is 0 Å². The Morgan fingerprint density at radius 1 is 0.975 bits per heavy atom. The SMILES string of the molecule is CC(C)C(NC(=O)C(CCCN=C(N)N)NC(=O)C(NC(=O)C(N)Cc1c[nH]c2ccccc12)C(C)O)C(=O)O. The fraction of sp³-hybridized carbons (Fsp3) is 0.500. The van der Waals surface area contributed by atoms with Crippen molar-refractivity contribution in [1.82, 2.24) is 20.9 Å². The van der Waals surface area contributed by atoms with Crippen LogP contribution < -0.4 is 33.2 Å². The van der Waals surface area contributed by atoms with E-state index in [1.807, 2.05) is 24.3 Å². The van der Waals surface area contributed by atoms with Crippen LogP contribution >= 0.6 is 0 Å². The molecule has 5 atom stereocenters. The summed E-state index contributed by atoms with van der Waals surface area (Å²) in [7, 11) is 0. The highest BCUT2D eigenvalue weighted by Crippen LogP contribution is 2.19. The van der Waals surface area contributed by atoms with Crippen LogP contribution in [0.25, 0.3) is 10.9 Å². The van der Waals surface area contributed by atoms with Crippen molar-refractivity contribution in [2.45, 2.75) is 70.3 Å². The van der Waals surface area contributed by atoms with Crippen molar-refractivity contribution in [2.75, 3.05) is 6.54 Å². The van der Waals surface area contributed by atoms with E-state index < -0.39 is 59.9 Å². The molecule has 0 aliphatic heterocycles. The van der Waals surface area contributed by atoms with Crippen LogP contribution in [0.15, 0.2) is 35.5 Å². The fourth-order valence-electron chi connectivity index (χ4n) is 4.10. The number of carboxylic acid groups (broad SMARTS) is 1. The highest BCUT2D eigenvalue weighted by Gasteiger charge is 2.33. The summed E-state index contributed by atoms with van der Waals surface area (Å²) in [6.45, 7) is 4.73. The number of amides is 3. The minimum atomic E-state index is -1.44. The van der Waals surface area contributed by atoms with Gasteiger partial charge in [0.15, 0.2) is 5.96 Å². The molecule has 2 aromatic rings. The number of aliphatic imine (C=N–C) groups is 1. The number of fused-ring (bicyclic) bond motifs is 1. The molecule has 0 aliphatic rings. The summed E-state index contributed by atoms with van der Waals surface area (Å²) in [5.74, 6) is -4.07. The Labute approximate surface area is 232 Å². The predicted molar refractivity (Wildman–Crippen MR) is 150 cm³/mol. The molecule has 0 radical (unpaired) electrons. The molecule has 220 valence electrons. The zero-order valence-electron chi connectivity index (χ0n) is 22.9. The lowest BCUT2D eigenvalue weighted by Crippen LogP contribution is -2.60. The van der Waals surface area contributed by atoms with Gasteiger partial charge in [0.25, 0.3) is 0 Å². The Kier molecular flexibility index (Phi) is 11.9. The first-order valence-corrected chi connectivity index (χ1v) is 13.0. The fourth-order valence-corrected chi connectivity index (χ4v) is 4.10. The van der Waals surface area contributed by atoms with Gasteiger partial charge in [0.1, 0.15) is 18.1 Å². The van der Waals surface area contributed by atoms with E-state index in [9.17, 15) is 29.4 Å². The number of para-hydroxylation sites is 1. The third-order valence-corrected chi connectivity index (χ3v) is 6.32. The second kappa shape index (κ2) is 14.8. The summed E-state index contributed by atoms with van der Waals surface area (Å²) >= 11 is 0. The molecule has 5 unspecified atom stereocenters. The maximum absolute atomic E-state index is 13.1. The maximum atomic E-state index is 13.1. The lowest BCUT2D eigenvalue weighted by molar-refractivity contribution is -0.143. The van der Waals surface area contributed by atoms with Crippen molar-refractivity contribution in [3.63, 3.8) is 0 Å². The van der Waals surface area contributed by atoms with Gasteiger partial charge in [0.05, 0.1) is 12.1 Å².